The highest BCUT2D eigenvalue weighted by Gasteiger charge is 2.29. The highest BCUT2D eigenvalue weighted by Crippen LogP contribution is 2.26. The third-order valence-electron chi connectivity index (χ3n) is 5.28. The number of carbonyl (C=O) groups excluding carboxylic acids is 1. The molecule has 4 aromatic rings. The number of hydrogen-bond acceptors (Lipinski definition) is 5. The number of nitrogens with one attached hydrogen (secondary N) is 2. The van der Waals surface area contributed by atoms with E-state index < -0.39 is 44.1 Å². The second-order valence-electron chi connectivity index (χ2n) is 7.96. The molecule has 0 heterocycles. The minimum atomic E-state index is -4.30. The van der Waals surface area contributed by atoms with Crippen LogP contribution in [0.15, 0.2) is 113 Å². The Labute approximate surface area is 218 Å². The van der Waals surface area contributed by atoms with Crippen LogP contribution in [0.1, 0.15) is 0 Å². The molecule has 0 bridgehead atoms. The van der Waals surface area contributed by atoms with Gasteiger partial charge in [-0.1, -0.05) is 30.3 Å². The molecule has 0 saturated carbocycles. The van der Waals surface area contributed by atoms with Crippen LogP contribution >= 0.6 is 0 Å². The number of amides is 1. The average molecular weight is 558 g/mol. The SMILES string of the molecule is O=C(CN(c1ccccc1F)S(=O)(=O)c1ccccc1)Nc1ccc(S(=O)(=O)Nc2ccc(F)cc2)cc1. The molecule has 0 aliphatic rings. The van der Waals surface area contributed by atoms with Crippen LogP contribution in [0.5, 0.6) is 0 Å². The van der Waals surface area contributed by atoms with Crippen LogP contribution < -0.4 is 14.3 Å². The van der Waals surface area contributed by atoms with Crippen LogP contribution in [0, 0.1) is 11.6 Å². The number of para-hydroxylation sites is 1. The van der Waals surface area contributed by atoms with Gasteiger partial charge < -0.3 is 5.32 Å². The van der Waals surface area contributed by atoms with Gasteiger partial charge in [0.05, 0.1) is 15.5 Å². The normalized spacial score (nSPS) is 11.5. The van der Waals surface area contributed by atoms with Gasteiger partial charge in [-0.15, -0.1) is 0 Å². The van der Waals surface area contributed by atoms with Gasteiger partial charge in [-0.3, -0.25) is 13.8 Å². The zero-order valence-corrected chi connectivity index (χ0v) is 21.2. The number of nitrogens with zero attached hydrogens (tertiary/aromatic N) is 1. The maximum absolute atomic E-state index is 14.6. The van der Waals surface area contributed by atoms with E-state index in [2.05, 4.69) is 10.0 Å². The van der Waals surface area contributed by atoms with Gasteiger partial charge >= 0.3 is 0 Å². The lowest BCUT2D eigenvalue weighted by Gasteiger charge is -2.24. The third kappa shape index (κ3) is 6.15. The molecule has 4 aromatic carbocycles. The second-order valence-corrected chi connectivity index (χ2v) is 11.5. The molecule has 38 heavy (non-hydrogen) atoms. The number of anilines is 3. The van der Waals surface area contributed by atoms with Gasteiger partial charge in [-0.25, -0.2) is 25.6 Å². The van der Waals surface area contributed by atoms with Gasteiger partial charge in [0.15, 0.2) is 0 Å². The van der Waals surface area contributed by atoms with Crippen molar-refractivity contribution in [2.24, 2.45) is 0 Å². The van der Waals surface area contributed by atoms with Crippen LogP contribution in [0.3, 0.4) is 0 Å². The summed E-state index contributed by atoms with van der Waals surface area (Å²) in [4.78, 5) is 12.6. The molecule has 196 valence electrons. The van der Waals surface area contributed by atoms with E-state index in [1.807, 2.05) is 0 Å². The van der Waals surface area contributed by atoms with E-state index >= 15 is 0 Å². The maximum atomic E-state index is 14.6. The Bertz CT molecular complexity index is 1650. The molecule has 0 radical (unpaired) electrons. The van der Waals surface area contributed by atoms with Crippen LogP contribution in [0.4, 0.5) is 25.8 Å². The van der Waals surface area contributed by atoms with E-state index in [0.29, 0.717) is 4.31 Å². The van der Waals surface area contributed by atoms with E-state index in [1.54, 1.807) is 6.07 Å². The van der Waals surface area contributed by atoms with Gasteiger partial charge in [0.25, 0.3) is 20.0 Å². The minimum Gasteiger partial charge on any atom is -0.325 e. The van der Waals surface area contributed by atoms with Crippen molar-refractivity contribution < 1.29 is 30.4 Å². The van der Waals surface area contributed by atoms with E-state index in [0.717, 1.165) is 18.2 Å². The fourth-order valence-corrected chi connectivity index (χ4v) is 5.96. The fraction of sp³-hybridized carbons (Fsp3) is 0.0385. The molecule has 0 fully saturated rings. The summed E-state index contributed by atoms with van der Waals surface area (Å²) >= 11 is 0. The van der Waals surface area contributed by atoms with Crippen molar-refractivity contribution >= 4 is 43.0 Å². The van der Waals surface area contributed by atoms with E-state index in [-0.39, 0.29) is 26.9 Å². The first-order valence-corrected chi connectivity index (χ1v) is 14.0. The van der Waals surface area contributed by atoms with Gasteiger partial charge in [0.1, 0.15) is 18.2 Å². The third-order valence-corrected chi connectivity index (χ3v) is 8.46. The van der Waals surface area contributed by atoms with Crippen molar-refractivity contribution in [3.05, 3.63) is 115 Å². The first-order chi connectivity index (χ1) is 18.1. The molecule has 0 aliphatic carbocycles. The second kappa shape index (κ2) is 11.0. The van der Waals surface area contributed by atoms with Gasteiger partial charge in [-0.05, 0) is 72.8 Å². The van der Waals surface area contributed by atoms with E-state index in [1.165, 1.54) is 78.9 Å². The molecule has 0 aliphatic heterocycles. The summed E-state index contributed by atoms with van der Waals surface area (Å²) in [5.41, 5.74) is 0.0396. The number of hydrogen-bond donors (Lipinski definition) is 2. The summed E-state index contributed by atoms with van der Waals surface area (Å²) in [6.45, 7) is -0.746. The van der Waals surface area contributed by atoms with Gasteiger partial charge in [-0.2, -0.15) is 0 Å². The van der Waals surface area contributed by atoms with Gasteiger partial charge in [0.2, 0.25) is 5.91 Å². The Kier molecular flexibility index (Phi) is 7.74. The first-order valence-electron chi connectivity index (χ1n) is 11.1. The topological polar surface area (TPSA) is 113 Å². The molecule has 0 atom stereocenters. The predicted octanol–water partition coefficient (Wildman–Crippen LogP) is 4.60. The van der Waals surface area contributed by atoms with E-state index in [9.17, 15) is 30.4 Å². The number of rotatable bonds is 9. The molecule has 0 spiro atoms. The Morgan fingerprint density at radius 3 is 1.89 bits per heavy atom. The quantitative estimate of drug-likeness (QED) is 0.312. The summed E-state index contributed by atoms with van der Waals surface area (Å²) in [7, 11) is -8.30. The summed E-state index contributed by atoms with van der Waals surface area (Å²) in [5.74, 6) is -2.13. The molecule has 2 N–H and O–H groups in total. The Hall–Kier alpha value is -4.29. The van der Waals surface area contributed by atoms with Crippen molar-refractivity contribution in [1.29, 1.82) is 0 Å². The Morgan fingerprint density at radius 1 is 0.684 bits per heavy atom. The van der Waals surface area contributed by atoms with Crippen LogP contribution in [-0.2, 0) is 24.8 Å². The number of carbonyl (C=O) groups is 1. The molecule has 1 amide bonds. The highest BCUT2D eigenvalue weighted by atomic mass is 32.2. The van der Waals surface area contributed by atoms with Crippen LogP contribution in [0.2, 0.25) is 0 Å². The minimum absolute atomic E-state index is 0.125. The van der Waals surface area contributed by atoms with Crippen molar-refractivity contribution in [3.8, 4) is 0 Å². The predicted molar refractivity (Wildman–Crippen MR) is 140 cm³/mol. The van der Waals surface area contributed by atoms with Crippen LogP contribution in [0.25, 0.3) is 0 Å². The van der Waals surface area contributed by atoms with Crippen LogP contribution in [-0.4, -0.2) is 29.3 Å². The Balaban J connectivity index is 1.52. The molecule has 12 heteroatoms. The largest absolute Gasteiger partial charge is 0.325 e. The van der Waals surface area contributed by atoms with Gasteiger partial charge in [0, 0.05) is 11.4 Å². The Morgan fingerprint density at radius 2 is 1.26 bits per heavy atom. The molecular formula is C26H21F2N3O5S2. The number of benzene rings is 4. The standard InChI is InChI=1S/C26H21F2N3O5S2/c27-19-10-12-21(13-11-19)30-37(33,34)22-16-14-20(15-17-22)29-26(32)18-31(25-9-5-4-8-24(25)28)38(35,36)23-6-2-1-3-7-23/h1-17,30H,18H2,(H,29,32). The molecule has 0 unspecified atom stereocenters. The number of sulfonamides is 2. The molecule has 0 aromatic heterocycles. The van der Waals surface area contributed by atoms with Crippen molar-refractivity contribution in [2.45, 2.75) is 9.79 Å². The molecule has 8 nitrogen and oxygen atoms in total. The summed E-state index contributed by atoms with van der Waals surface area (Å²) in [6, 6.07) is 22.3. The zero-order chi connectivity index (χ0) is 27.3. The average Bonchev–Trinajstić information content (AvgIpc) is 2.90. The molecule has 0 saturated heterocycles. The fourth-order valence-electron chi connectivity index (χ4n) is 3.45. The van der Waals surface area contributed by atoms with Crippen molar-refractivity contribution in [2.75, 3.05) is 20.9 Å². The smallest absolute Gasteiger partial charge is 0.264 e. The van der Waals surface area contributed by atoms with E-state index in [4.69, 9.17) is 0 Å². The zero-order valence-electron chi connectivity index (χ0n) is 19.6. The lowest BCUT2D eigenvalue weighted by atomic mass is 10.3. The summed E-state index contributed by atoms with van der Waals surface area (Å²) in [5, 5.41) is 2.50. The summed E-state index contributed by atoms with van der Waals surface area (Å²) in [6.07, 6.45) is 0. The molecular weight excluding hydrogens is 536 g/mol. The first kappa shape index (κ1) is 26.8. The monoisotopic (exact) mass is 557 g/mol. The lowest BCUT2D eigenvalue weighted by molar-refractivity contribution is -0.114. The maximum Gasteiger partial charge on any atom is 0.264 e. The lowest BCUT2D eigenvalue weighted by Crippen LogP contribution is -2.38. The van der Waals surface area contributed by atoms with Crippen molar-refractivity contribution in [1.82, 2.24) is 0 Å². The molecule has 4 rings (SSSR count). The highest BCUT2D eigenvalue weighted by molar-refractivity contribution is 7.93. The summed E-state index contributed by atoms with van der Waals surface area (Å²) < 4.78 is 82.4. The van der Waals surface area contributed by atoms with Crippen molar-refractivity contribution in [3.63, 3.8) is 0 Å². The number of halogens is 2.